The molecule has 0 spiro atoms. The highest BCUT2D eigenvalue weighted by Crippen LogP contribution is 2.27. The zero-order valence-electron chi connectivity index (χ0n) is 14.3. The number of amides is 2. The number of likely N-dealkylation sites (tertiary alicyclic amines) is 1. The van der Waals surface area contributed by atoms with Crippen LogP contribution in [0.25, 0.3) is 5.65 Å². The molecule has 0 aliphatic carbocycles. The van der Waals surface area contributed by atoms with E-state index < -0.39 is 0 Å². The number of ether oxygens (including phenoxy) is 2. The lowest BCUT2D eigenvalue weighted by Gasteiger charge is -2.36. The standard InChI is InChI=1S/C16H22N6O3/c1-24-14-3-2-13-17-18-15(22(13)19-14)12-4-6-20(7-5-12)16(23)21-8-10-25-11-9-21/h2-3,12H,4-11H2,1H3. The summed E-state index contributed by atoms with van der Waals surface area (Å²) < 4.78 is 12.3. The van der Waals surface area contributed by atoms with Gasteiger partial charge in [0.2, 0.25) is 5.88 Å². The van der Waals surface area contributed by atoms with E-state index in [0.29, 0.717) is 37.8 Å². The average Bonchev–Trinajstić information content (AvgIpc) is 3.11. The van der Waals surface area contributed by atoms with Crippen LogP contribution in [0.3, 0.4) is 0 Å². The SMILES string of the molecule is COc1ccc2nnc(C3CCN(C(=O)N4CCOCC4)CC3)n2n1. The first-order chi connectivity index (χ1) is 12.3. The molecule has 2 aliphatic heterocycles. The van der Waals surface area contributed by atoms with Gasteiger partial charge in [0, 0.05) is 38.2 Å². The van der Waals surface area contributed by atoms with Gasteiger partial charge in [0.25, 0.3) is 0 Å². The Morgan fingerprint density at radius 2 is 1.84 bits per heavy atom. The van der Waals surface area contributed by atoms with E-state index in [1.54, 1.807) is 17.7 Å². The van der Waals surface area contributed by atoms with Crippen molar-refractivity contribution in [3.63, 3.8) is 0 Å². The smallest absolute Gasteiger partial charge is 0.320 e. The number of aromatic nitrogens is 4. The molecule has 2 aliphatic rings. The first kappa shape index (κ1) is 16.1. The molecule has 0 saturated carbocycles. The molecule has 9 heteroatoms. The number of rotatable bonds is 2. The quantitative estimate of drug-likeness (QED) is 0.798. The summed E-state index contributed by atoms with van der Waals surface area (Å²) in [5.41, 5.74) is 0.711. The number of urea groups is 1. The first-order valence-electron chi connectivity index (χ1n) is 8.64. The highest BCUT2D eigenvalue weighted by atomic mass is 16.5. The molecule has 9 nitrogen and oxygen atoms in total. The van der Waals surface area contributed by atoms with Gasteiger partial charge in [-0.05, 0) is 18.9 Å². The van der Waals surface area contributed by atoms with Crippen LogP contribution >= 0.6 is 0 Å². The molecule has 4 heterocycles. The number of piperidine rings is 1. The number of morpholine rings is 1. The largest absolute Gasteiger partial charge is 0.480 e. The van der Waals surface area contributed by atoms with E-state index in [2.05, 4.69) is 15.3 Å². The van der Waals surface area contributed by atoms with Crippen molar-refractivity contribution in [1.29, 1.82) is 0 Å². The third-order valence-corrected chi connectivity index (χ3v) is 4.88. The second kappa shape index (κ2) is 6.83. The van der Waals surface area contributed by atoms with Crippen molar-refractivity contribution in [2.45, 2.75) is 18.8 Å². The van der Waals surface area contributed by atoms with E-state index in [0.717, 1.165) is 31.8 Å². The first-order valence-corrected chi connectivity index (χ1v) is 8.64. The Bertz CT molecular complexity index is 749. The molecule has 0 radical (unpaired) electrons. The fourth-order valence-electron chi connectivity index (χ4n) is 3.44. The van der Waals surface area contributed by atoms with E-state index in [1.165, 1.54) is 0 Å². The summed E-state index contributed by atoms with van der Waals surface area (Å²) in [6.07, 6.45) is 1.71. The minimum atomic E-state index is 0.118. The molecule has 134 valence electrons. The van der Waals surface area contributed by atoms with Crippen molar-refractivity contribution < 1.29 is 14.3 Å². The Morgan fingerprint density at radius 1 is 1.12 bits per heavy atom. The molecule has 2 aromatic rings. The van der Waals surface area contributed by atoms with Crippen LogP contribution in [-0.4, -0.2) is 82.1 Å². The van der Waals surface area contributed by atoms with E-state index in [4.69, 9.17) is 9.47 Å². The van der Waals surface area contributed by atoms with Gasteiger partial charge < -0.3 is 19.3 Å². The van der Waals surface area contributed by atoms with E-state index >= 15 is 0 Å². The second-order valence-electron chi connectivity index (χ2n) is 6.35. The van der Waals surface area contributed by atoms with Crippen molar-refractivity contribution in [2.75, 3.05) is 46.5 Å². The lowest BCUT2D eigenvalue weighted by Crippen LogP contribution is -2.50. The predicted molar refractivity (Wildman–Crippen MR) is 88.7 cm³/mol. The normalized spacial score (nSPS) is 19.4. The van der Waals surface area contributed by atoms with Gasteiger partial charge in [0.15, 0.2) is 11.5 Å². The molecule has 2 amide bonds. The van der Waals surface area contributed by atoms with E-state index in [-0.39, 0.29) is 11.9 Å². The number of fused-ring (bicyclic) bond motifs is 1. The summed E-state index contributed by atoms with van der Waals surface area (Å²) in [7, 11) is 1.59. The van der Waals surface area contributed by atoms with E-state index in [9.17, 15) is 4.79 Å². The molecule has 4 rings (SSSR count). The molecule has 2 fully saturated rings. The Hall–Kier alpha value is -2.42. The third kappa shape index (κ3) is 3.11. The number of methoxy groups -OCH3 is 1. The zero-order chi connectivity index (χ0) is 17.2. The molecule has 0 unspecified atom stereocenters. The average molecular weight is 346 g/mol. The van der Waals surface area contributed by atoms with Crippen LogP contribution in [-0.2, 0) is 4.74 Å². The summed E-state index contributed by atoms with van der Waals surface area (Å²) in [6.45, 7) is 4.05. The maximum Gasteiger partial charge on any atom is 0.320 e. The number of hydrogen-bond donors (Lipinski definition) is 0. The Labute approximate surface area is 145 Å². The van der Waals surface area contributed by atoms with Crippen LogP contribution in [0.4, 0.5) is 4.79 Å². The number of carbonyl (C=O) groups is 1. The van der Waals surface area contributed by atoms with Crippen molar-refractivity contribution >= 4 is 11.7 Å². The van der Waals surface area contributed by atoms with Gasteiger partial charge in [0.05, 0.1) is 20.3 Å². The third-order valence-electron chi connectivity index (χ3n) is 4.88. The maximum atomic E-state index is 12.6. The van der Waals surface area contributed by atoms with Crippen molar-refractivity contribution in [3.8, 4) is 5.88 Å². The van der Waals surface area contributed by atoms with Crippen molar-refractivity contribution in [1.82, 2.24) is 29.6 Å². The number of nitrogens with zero attached hydrogens (tertiary/aromatic N) is 6. The summed E-state index contributed by atoms with van der Waals surface area (Å²) >= 11 is 0. The monoisotopic (exact) mass is 346 g/mol. The van der Waals surface area contributed by atoms with Crippen LogP contribution in [0.1, 0.15) is 24.6 Å². The van der Waals surface area contributed by atoms with Gasteiger partial charge in [-0.15, -0.1) is 15.3 Å². The lowest BCUT2D eigenvalue weighted by molar-refractivity contribution is 0.0410. The fourth-order valence-corrected chi connectivity index (χ4v) is 3.44. The summed E-state index contributed by atoms with van der Waals surface area (Å²) in [5, 5.41) is 12.9. The zero-order valence-corrected chi connectivity index (χ0v) is 14.3. The Morgan fingerprint density at radius 3 is 2.56 bits per heavy atom. The minimum Gasteiger partial charge on any atom is -0.480 e. The molecule has 0 atom stereocenters. The fraction of sp³-hybridized carbons (Fsp3) is 0.625. The molecule has 2 saturated heterocycles. The Kier molecular flexibility index (Phi) is 4.39. The van der Waals surface area contributed by atoms with Crippen LogP contribution in [0.2, 0.25) is 0 Å². The summed E-state index contributed by atoms with van der Waals surface area (Å²) in [4.78, 5) is 16.4. The molecule has 25 heavy (non-hydrogen) atoms. The van der Waals surface area contributed by atoms with Gasteiger partial charge >= 0.3 is 6.03 Å². The van der Waals surface area contributed by atoms with Gasteiger partial charge in [-0.25, -0.2) is 4.79 Å². The van der Waals surface area contributed by atoms with Crippen molar-refractivity contribution in [3.05, 3.63) is 18.0 Å². The predicted octanol–water partition coefficient (Wildman–Crippen LogP) is 0.764. The van der Waals surface area contributed by atoms with Gasteiger partial charge in [-0.3, -0.25) is 0 Å². The molecule has 0 bridgehead atoms. The van der Waals surface area contributed by atoms with Crippen LogP contribution in [0, 0.1) is 0 Å². The van der Waals surface area contributed by atoms with Crippen LogP contribution in [0.5, 0.6) is 5.88 Å². The van der Waals surface area contributed by atoms with Gasteiger partial charge in [-0.2, -0.15) is 4.52 Å². The topological polar surface area (TPSA) is 85.1 Å². The molecule has 2 aromatic heterocycles. The van der Waals surface area contributed by atoms with Crippen LogP contribution < -0.4 is 4.74 Å². The van der Waals surface area contributed by atoms with Gasteiger partial charge in [-0.1, -0.05) is 0 Å². The minimum absolute atomic E-state index is 0.118. The second-order valence-corrected chi connectivity index (χ2v) is 6.35. The molecule has 0 aromatic carbocycles. The lowest BCUT2D eigenvalue weighted by atomic mass is 9.96. The number of carbonyl (C=O) groups excluding carboxylic acids is 1. The maximum absolute atomic E-state index is 12.6. The number of hydrogen-bond acceptors (Lipinski definition) is 6. The van der Waals surface area contributed by atoms with Crippen LogP contribution in [0.15, 0.2) is 12.1 Å². The van der Waals surface area contributed by atoms with Crippen molar-refractivity contribution in [2.24, 2.45) is 0 Å². The molecule has 0 N–H and O–H groups in total. The highest BCUT2D eigenvalue weighted by molar-refractivity contribution is 5.74. The van der Waals surface area contributed by atoms with Gasteiger partial charge in [0.1, 0.15) is 0 Å². The molecular formula is C16H22N6O3. The Balaban J connectivity index is 1.44. The summed E-state index contributed by atoms with van der Waals surface area (Å²) in [6, 6.07) is 3.74. The van der Waals surface area contributed by atoms with E-state index in [1.807, 2.05) is 15.9 Å². The summed E-state index contributed by atoms with van der Waals surface area (Å²) in [5.74, 6) is 1.61. The highest BCUT2D eigenvalue weighted by Gasteiger charge is 2.30. The molecular weight excluding hydrogens is 324 g/mol.